The lowest BCUT2D eigenvalue weighted by atomic mass is 10.1. The van der Waals surface area contributed by atoms with Gasteiger partial charge in [0.25, 0.3) is 0 Å². The van der Waals surface area contributed by atoms with E-state index in [1.807, 2.05) is 37.3 Å². The summed E-state index contributed by atoms with van der Waals surface area (Å²) in [6.45, 7) is 4.97. The van der Waals surface area contributed by atoms with Crippen molar-refractivity contribution in [2.45, 2.75) is 20.8 Å². The van der Waals surface area contributed by atoms with Gasteiger partial charge in [-0.15, -0.1) is 0 Å². The predicted molar refractivity (Wildman–Crippen MR) is 93.4 cm³/mol. The van der Waals surface area contributed by atoms with Crippen LogP contribution in [0.4, 0.5) is 11.5 Å². The van der Waals surface area contributed by atoms with Crippen LogP contribution in [-0.2, 0) is 0 Å². The Bertz CT molecular complexity index is 992. The molecule has 3 aromatic rings. The van der Waals surface area contributed by atoms with Gasteiger partial charge >= 0.3 is 5.63 Å². The molecule has 0 aliphatic heterocycles. The molecule has 0 bridgehead atoms. The van der Waals surface area contributed by atoms with Crippen LogP contribution in [-0.4, -0.2) is 10.8 Å². The third kappa shape index (κ3) is 2.99. The SMILES string of the molecule is CC(=O)c1c(NNc2cc(C)c3ccccc3n2)cc(C)oc1=O. The van der Waals surface area contributed by atoms with Gasteiger partial charge in [-0.25, -0.2) is 9.78 Å². The minimum absolute atomic E-state index is 0.0226. The van der Waals surface area contributed by atoms with E-state index in [1.165, 1.54) is 6.92 Å². The number of aryl methyl sites for hydroxylation is 2. The maximum Gasteiger partial charge on any atom is 0.349 e. The molecule has 1 aromatic carbocycles. The number of carbonyl (C=O) groups is 1. The van der Waals surface area contributed by atoms with E-state index < -0.39 is 5.63 Å². The van der Waals surface area contributed by atoms with Gasteiger partial charge in [0.1, 0.15) is 17.1 Å². The summed E-state index contributed by atoms with van der Waals surface area (Å²) in [7, 11) is 0. The van der Waals surface area contributed by atoms with Crippen LogP contribution in [0.2, 0.25) is 0 Å². The number of hydrogen-bond acceptors (Lipinski definition) is 6. The van der Waals surface area contributed by atoms with Gasteiger partial charge in [-0.05, 0) is 38.5 Å². The Morgan fingerprint density at radius 1 is 1.12 bits per heavy atom. The highest BCUT2D eigenvalue weighted by Crippen LogP contribution is 2.20. The van der Waals surface area contributed by atoms with Gasteiger partial charge in [0, 0.05) is 11.5 Å². The van der Waals surface area contributed by atoms with Crippen molar-refractivity contribution in [3.8, 4) is 0 Å². The van der Waals surface area contributed by atoms with Crippen LogP contribution >= 0.6 is 0 Å². The fourth-order valence-corrected chi connectivity index (χ4v) is 2.59. The lowest BCUT2D eigenvalue weighted by Crippen LogP contribution is -2.19. The second-order valence-corrected chi connectivity index (χ2v) is 5.58. The third-order valence-electron chi connectivity index (χ3n) is 3.68. The lowest BCUT2D eigenvalue weighted by Gasteiger charge is -2.13. The summed E-state index contributed by atoms with van der Waals surface area (Å²) in [6, 6.07) is 11.3. The topological polar surface area (TPSA) is 84.2 Å². The summed E-state index contributed by atoms with van der Waals surface area (Å²) in [5, 5.41) is 1.07. The van der Waals surface area contributed by atoms with Gasteiger partial charge in [-0.2, -0.15) is 0 Å². The van der Waals surface area contributed by atoms with Crippen molar-refractivity contribution in [2.24, 2.45) is 0 Å². The number of pyridine rings is 1. The van der Waals surface area contributed by atoms with Crippen LogP contribution in [0.15, 0.2) is 45.6 Å². The first-order chi connectivity index (χ1) is 11.5. The first-order valence-electron chi connectivity index (χ1n) is 7.50. The molecular formula is C18H17N3O3. The second kappa shape index (κ2) is 6.16. The lowest BCUT2D eigenvalue weighted by molar-refractivity contribution is 0.101. The molecule has 0 saturated heterocycles. The monoisotopic (exact) mass is 323 g/mol. The number of hydrazine groups is 1. The molecule has 2 heterocycles. The van der Waals surface area contributed by atoms with Crippen LogP contribution in [0.3, 0.4) is 0 Å². The number of anilines is 2. The third-order valence-corrected chi connectivity index (χ3v) is 3.68. The summed E-state index contributed by atoms with van der Waals surface area (Å²) < 4.78 is 4.98. The molecule has 122 valence electrons. The number of para-hydroxylation sites is 1. The first-order valence-corrected chi connectivity index (χ1v) is 7.50. The molecule has 0 amide bonds. The first kappa shape index (κ1) is 15.7. The van der Waals surface area contributed by atoms with Gasteiger partial charge in [0.15, 0.2) is 5.78 Å². The van der Waals surface area contributed by atoms with E-state index in [1.54, 1.807) is 13.0 Å². The van der Waals surface area contributed by atoms with Gasteiger partial charge in [-0.3, -0.25) is 15.6 Å². The van der Waals surface area contributed by atoms with Crippen LogP contribution in [0.1, 0.15) is 28.6 Å². The van der Waals surface area contributed by atoms with Gasteiger partial charge in [-0.1, -0.05) is 18.2 Å². The highest BCUT2D eigenvalue weighted by atomic mass is 16.4. The van der Waals surface area contributed by atoms with Crippen molar-refractivity contribution in [2.75, 3.05) is 10.9 Å². The molecule has 6 heteroatoms. The van der Waals surface area contributed by atoms with Crippen molar-refractivity contribution in [3.05, 3.63) is 63.7 Å². The predicted octanol–water partition coefficient (Wildman–Crippen LogP) is 3.45. The summed E-state index contributed by atoms with van der Waals surface area (Å²) in [4.78, 5) is 28.1. The number of carbonyl (C=O) groups excluding carboxylic acids is 1. The quantitative estimate of drug-likeness (QED) is 0.565. The zero-order valence-electron chi connectivity index (χ0n) is 13.6. The van der Waals surface area contributed by atoms with Gasteiger partial charge < -0.3 is 4.42 Å². The maximum absolute atomic E-state index is 11.9. The largest absolute Gasteiger partial charge is 0.428 e. The number of nitrogens with zero attached hydrogens (tertiary/aromatic N) is 1. The molecule has 0 saturated carbocycles. The number of aromatic nitrogens is 1. The van der Waals surface area contributed by atoms with E-state index in [-0.39, 0.29) is 11.3 Å². The van der Waals surface area contributed by atoms with Crippen molar-refractivity contribution in [1.29, 1.82) is 0 Å². The molecule has 0 unspecified atom stereocenters. The average molecular weight is 323 g/mol. The minimum atomic E-state index is -0.658. The summed E-state index contributed by atoms with van der Waals surface area (Å²) in [5.41, 5.74) is 7.45. The normalized spacial score (nSPS) is 10.6. The van der Waals surface area contributed by atoms with E-state index in [9.17, 15) is 9.59 Å². The molecule has 24 heavy (non-hydrogen) atoms. The van der Waals surface area contributed by atoms with Gasteiger partial charge in [0.05, 0.1) is 11.2 Å². The Morgan fingerprint density at radius 2 is 1.88 bits per heavy atom. The molecule has 6 nitrogen and oxygen atoms in total. The maximum atomic E-state index is 11.9. The van der Waals surface area contributed by atoms with E-state index in [0.29, 0.717) is 17.3 Å². The number of nitrogens with one attached hydrogen (secondary N) is 2. The Labute approximate surface area is 138 Å². The Balaban J connectivity index is 1.94. The number of hydrogen-bond donors (Lipinski definition) is 2. The fraction of sp³-hybridized carbons (Fsp3) is 0.167. The standard InChI is InChI=1S/C18H17N3O3/c1-10-8-16(19-14-7-5-4-6-13(10)14)21-20-15-9-11(2)24-18(23)17(15)12(3)22/h4-9,20H,1-3H3,(H,19,21). The van der Waals surface area contributed by atoms with Crippen LogP contribution < -0.4 is 16.5 Å². The van der Waals surface area contributed by atoms with Crippen molar-refractivity contribution < 1.29 is 9.21 Å². The van der Waals surface area contributed by atoms with E-state index >= 15 is 0 Å². The summed E-state index contributed by atoms with van der Waals surface area (Å²) in [6.07, 6.45) is 0. The van der Waals surface area contributed by atoms with Crippen molar-refractivity contribution >= 4 is 28.2 Å². The van der Waals surface area contributed by atoms with E-state index in [0.717, 1.165) is 16.5 Å². The zero-order chi connectivity index (χ0) is 17.3. The molecule has 0 aliphatic rings. The molecule has 2 aromatic heterocycles. The molecule has 0 atom stereocenters. The van der Waals surface area contributed by atoms with Crippen LogP contribution in [0, 0.1) is 13.8 Å². The molecular weight excluding hydrogens is 306 g/mol. The van der Waals surface area contributed by atoms with E-state index in [2.05, 4.69) is 15.8 Å². The number of fused-ring (bicyclic) bond motifs is 1. The van der Waals surface area contributed by atoms with Crippen LogP contribution in [0.25, 0.3) is 10.9 Å². The summed E-state index contributed by atoms with van der Waals surface area (Å²) in [5.74, 6) is 0.638. The second-order valence-electron chi connectivity index (χ2n) is 5.58. The molecule has 0 fully saturated rings. The molecule has 0 aliphatic carbocycles. The summed E-state index contributed by atoms with van der Waals surface area (Å²) >= 11 is 0. The van der Waals surface area contributed by atoms with E-state index in [4.69, 9.17) is 4.42 Å². The van der Waals surface area contributed by atoms with Gasteiger partial charge in [0.2, 0.25) is 0 Å². The highest BCUT2D eigenvalue weighted by molar-refractivity contribution is 5.99. The molecule has 0 radical (unpaired) electrons. The molecule has 3 rings (SSSR count). The van der Waals surface area contributed by atoms with Crippen LogP contribution in [0.5, 0.6) is 0 Å². The molecule has 0 spiro atoms. The number of ketones is 1. The van der Waals surface area contributed by atoms with Crippen molar-refractivity contribution in [3.63, 3.8) is 0 Å². The number of Topliss-reactive ketones (excluding diaryl/α,β-unsaturated/α-hetero) is 1. The Kier molecular flexibility index (Phi) is 4.04. The Hall–Kier alpha value is -3.15. The Morgan fingerprint density at radius 3 is 2.62 bits per heavy atom. The molecule has 2 N–H and O–H groups in total. The minimum Gasteiger partial charge on any atom is -0.428 e. The number of rotatable bonds is 4. The van der Waals surface area contributed by atoms with Crippen molar-refractivity contribution in [1.82, 2.24) is 4.98 Å². The smallest absolute Gasteiger partial charge is 0.349 e. The fourth-order valence-electron chi connectivity index (χ4n) is 2.59. The average Bonchev–Trinajstić information content (AvgIpc) is 2.52. The highest BCUT2D eigenvalue weighted by Gasteiger charge is 2.15. The number of benzene rings is 1. The zero-order valence-corrected chi connectivity index (χ0v) is 13.6.